The third-order valence-corrected chi connectivity index (χ3v) is 5.01. The van der Waals surface area contributed by atoms with Crippen molar-refractivity contribution in [2.45, 2.75) is 13.3 Å². The zero-order valence-electron chi connectivity index (χ0n) is 15.4. The average molecular weight is 389 g/mol. The van der Waals surface area contributed by atoms with Crippen molar-refractivity contribution in [2.24, 2.45) is 0 Å². The summed E-state index contributed by atoms with van der Waals surface area (Å²) in [6.45, 7) is 2.74. The maximum atomic E-state index is 12.7. The Kier molecular flexibility index (Phi) is 5.30. The summed E-state index contributed by atoms with van der Waals surface area (Å²) < 4.78 is 7.61. The highest BCUT2D eigenvalue weighted by Crippen LogP contribution is 2.14. The Morgan fingerprint density at radius 3 is 2.68 bits per heavy atom. The summed E-state index contributed by atoms with van der Waals surface area (Å²) in [5, 5.41) is 4.32. The van der Waals surface area contributed by atoms with Crippen LogP contribution >= 0.6 is 11.3 Å². The molecule has 0 fully saturated rings. The van der Waals surface area contributed by atoms with Gasteiger partial charge < -0.3 is 4.74 Å². The molecule has 140 valence electrons. The van der Waals surface area contributed by atoms with E-state index in [0.717, 1.165) is 23.3 Å². The van der Waals surface area contributed by atoms with Gasteiger partial charge in [0.05, 0.1) is 11.1 Å². The lowest BCUT2D eigenvalue weighted by atomic mass is 10.2. The summed E-state index contributed by atoms with van der Waals surface area (Å²) in [5.41, 5.74) is 1.81. The second kappa shape index (κ2) is 8.19. The second-order valence-electron chi connectivity index (χ2n) is 6.25. The number of hydrogen-bond acceptors (Lipinski definition) is 5. The van der Waals surface area contributed by atoms with Crippen molar-refractivity contribution in [2.75, 3.05) is 6.61 Å². The van der Waals surface area contributed by atoms with Gasteiger partial charge in [-0.05, 0) is 41.8 Å². The zero-order valence-corrected chi connectivity index (χ0v) is 16.2. The van der Waals surface area contributed by atoms with Gasteiger partial charge >= 0.3 is 0 Å². The van der Waals surface area contributed by atoms with Crippen molar-refractivity contribution in [3.8, 4) is 5.75 Å². The number of thiazole rings is 1. The molecule has 2 heterocycles. The largest absolute Gasteiger partial charge is 0.494 e. The Morgan fingerprint density at radius 2 is 1.89 bits per heavy atom. The smallest absolute Gasteiger partial charge is 0.291 e. The van der Waals surface area contributed by atoms with Gasteiger partial charge in [0.1, 0.15) is 5.75 Å². The van der Waals surface area contributed by atoms with Gasteiger partial charge in [-0.3, -0.25) is 4.79 Å². The Hall–Kier alpha value is -3.25. The predicted octanol–water partition coefficient (Wildman–Crippen LogP) is 3.66. The molecule has 0 amide bonds. The van der Waals surface area contributed by atoms with Crippen LogP contribution in [0.25, 0.3) is 23.2 Å². The predicted molar refractivity (Wildman–Crippen MR) is 114 cm³/mol. The lowest BCUT2D eigenvalue weighted by molar-refractivity contribution is 0.317. The maximum Gasteiger partial charge on any atom is 0.291 e. The van der Waals surface area contributed by atoms with Gasteiger partial charge in [-0.15, -0.1) is 5.10 Å². The molecule has 2 aromatic heterocycles. The van der Waals surface area contributed by atoms with Crippen LogP contribution in [0.15, 0.2) is 59.4 Å². The van der Waals surface area contributed by atoms with Crippen LogP contribution in [0.2, 0.25) is 0 Å². The van der Waals surface area contributed by atoms with Crippen LogP contribution < -0.4 is 14.8 Å². The molecular formula is C22H19N3O2S. The summed E-state index contributed by atoms with van der Waals surface area (Å²) in [7, 11) is 0. The van der Waals surface area contributed by atoms with Gasteiger partial charge in [0.2, 0.25) is 4.96 Å². The number of aromatic nitrogens is 3. The molecule has 0 radical (unpaired) electrons. The van der Waals surface area contributed by atoms with Crippen molar-refractivity contribution in [3.05, 3.63) is 86.4 Å². The van der Waals surface area contributed by atoms with Gasteiger partial charge in [0, 0.05) is 0 Å². The fraction of sp³-hybridized carbons (Fsp3) is 0.136. The molecule has 4 aromatic rings. The lowest BCUT2D eigenvalue weighted by Crippen LogP contribution is -2.23. The lowest BCUT2D eigenvalue weighted by Gasteiger charge is -2.04. The fourth-order valence-electron chi connectivity index (χ4n) is 2.72. The summed E-state index contributed by atoms with van der Waals surface area (Å²) in [5.74, 6) is 1.32. The summed E-state index contributed by atoms with van der Waals surface area (Å²) >= 11 is 1.33. The first kappa shape index (κ1) is 18.1. The first-order valence-electron chi connectivity index (χ1n) is 9.10. The minimum atomic E-state index is -0.160. The molecule has 0 N–H and O–H groups in total. The minimum Gasteiger partial charge on any atom is -0.494 e. The Labute approximate surface area is 166 Å². The molecule has 0 aliphatic carbocycles. The molecular weight excluding hydrogens is 370 g/mol. The van der Waals surface area contributed by atoms with E-state index >= 15 is 0 Å². The van der Waals surface area contributed by atoms with E-state index in [0.29, 0.717) is 21.9 Å². The standard InChI is InChI=1S/C22H19N3O2S/c1-2-13-27-18-10-6-9-17(14-18)15-19-21(26)25-22(28-19)23-20(24-25)12-11-16-7-4-3-5-8-16/h3-12,14-15H,2,13H2,1H3/b12-11+,19-15+. The first-order chi connectivity index (χ1) is 13.7. The van der Waals surface area contributed by atoms with E-state index in [4.69, 9.17) is 4.74 Å². The third-order valence-electron chi connectivity index (χ3n) is 4.05. The highest BCUT2D eigenvalue weighted by Gasteiger charge is 2.09. The van der Waals surface area contributed by atoms with Crippen LogP contribution in [-0.4, -0.2) is 21.2 Å². The van der Waals surface area contributed by atoms with E-state index in [1.165, 1.54) is 15.9 Å². The maximum absolute atomic E-state index is 12.7. The SMILES string of the molecule is CCCOc1cccc(/C=c2/sc3nc(/C=C/c4ccccc4)nn3c2=O)c1. The number of ether oxygens (including phenoxy) is 1. The van der Waals surface area contributed by atoms with Crippen LogP contribution in [0.4, 0.5) is 0 Å². The van der Waals surface area contributed by atoms with E-state index in [9.17, 15) is 4.79 Å². The van der Waals surface area contributed by atoms with Crippen molar-refractivity contribution >= 4 is 34.5 Å². The summed E-state index contributed by atoms with van der Waals surface area (Å²) in [4.78, 5) is 17.7. The van der Waals surface area contributed by atoms with E-state index in [1.807, 2.05) is 72.8 Å². The molecule has 0 bridgehead atoms. The van der Waals surface area contributed by atoms with Crippen LogP contribution in [-0.2, 0) is 0 Å². The second-order valence-corrected chi connectivity index (χ2v) is 7.25. The van der Waals surface area contributed by atoms with Crippen molar-refractivity contribution < 1.29 is 4.74 Å². The first-order valence-corrected chi connectivity index (χ1v) is 9.92. The molecule has 2 aromatic carbocycles. The quantitative estimate of drug-likeness (QED) is 0.505. The van der Waals surface area contributed by atoms with Crippen molar-refractivity contribution in [1.82, 2.24) is 14.6 Å². The highest BCUT2D eigenvalue weighted by atomic mass is 32.1. The van der Waals surface area contributed by atoms with Crippen LogP contribution in [0.5, 0.6) is 5.75 Å². The van der Waals surface area contributed by atoms with Crippen LogP contribution in [0.1, 0.15) is 30.3 Å². The number of nitrogens with zero attached hydrogens (tertiary/aromatic N) is 3. The topological polar surface area (TPSA) is 56.5 Å². The molecule has 5 nitrogen and oxygen atoms in total. The zero-order chi connectivity index (χ0) is 19.3. The van der Waals surface area contributed by atoms with E-state index in [1.54, 1.807) is 0 Å². The molecule has 6 heteroatoms. The number of benzene rings is 2. The van der Waals surface area contributed by atoms with E-state index in [2.05, 4.69) is 17.0 Å². The van der Waals surface area contributed by atoms with E-state index < -0.39 is 0 Å². The average Bonchev–Trinajstić information content (AvgIpc) is 3.25. The Morgan fingerprint density at radius 1 is 1.07 bits per heavy atom. The van der Waals surface area contributed by atoms with Crippen molar-refractivity contribution in [3.63, 3.8) is 0 Å². The summed E-state index contributed by atoms with van der Waals surface area (Å²) in [6, 6.07) is 17.6. The monoisotopic (exact) mass is 389 g/mol. The van der Waals surface area contributed by atoms with Gasteiger partial charge in [-0.25, -0.2) is 0 Å². The molecule has 28 heavy (non-hydrogen) atoms. The van der Waals surface area contributed by atoms with Crippen LogP contribution in [0, 0.1) is 0 Å². The molecule has 0 atom stereocenters. The van der Waals surface area contributed by atoms with Gasteiger partial charge in [0.25, 0.3) is 5.56 Å². The number of hydrogen-bond donors (Lipinski definition) is 0. The Bertz CT molecular complexity index is 1230. The molecule has 0 aliphatic heterocycles. The molecule has 0 spiro atoms. The number of fused-ring (bicyclic) bond motifs is 1. The molecule has 0 aliphatic rings. The minimum absolute atomic E-state index is 0.160. The van der Waals surface area contributed by atoms with Gasteiger partial charge in [0.15, 0.2) is 5.82 Å². The number of rotatable bonds is 6. The molecule has 4 rings (SSSR count). The fourth-order valence-corrected chi connectivity index (χ4v) is 3.63. The molecule has 0 saturated heterocycles. The third kappa shape index (κ3) is 4.02. The molecule has 0 saturated carbocycles. The normalized spacial score (nSPS) is 12.2. The van der Waals surface area contributed by atoms with Gasteiger partial charge in [-0.2, -0.15) is 9.50 Å². The van der Waals surface area contributed by atoms with Gasteiger partial charge in [-0.1, -0.05) is 66.8 Å². The van der Waals surface area contributed by atoms with Crippen molar-refractivity contribution in [1.29, 1.82) is 0 Å². The van der Waals surface area contributed by atoms with Crippen LogP contribution in [0.3, 0.4) is 0 Å². The highest BCUT2D eigenvalue weighted by molar-refractivity contribution is 7.15. The molecule has 0 unspecified atom stereocenters. The van der Waals surface area contributed by atoms with E-state index in [-0.39, 0.29) is 5.56 Å². The Balaban J connectivity index is 1.62. The summed E-state index contributed by atoms with van der Waals surface area (Å²) in [6.07, 6.45) is 6.54.